The molecule has 1 aliphatic rings. The molecule has 5 rings (SSSR count). The molecule has 2 aromatic heterocycles. The van der Waals surface area contributed by atoms with Gasteiger partial charge in [-0.1, -0.05) is 28.9 Å². The second-order valence-corrected chi connectivity index (χ2v) is 7.18. The number of aryl methyl sites for hydroxylation is 1. The van der Waals surface area contributed by atoms with Crippen LogP contribution < -0.4 is 10.3 Å². The van der Waals surface area contributed by atoms with E-state index in [-0.39, 0.29) is 28.1 Å². The molecule has 0 fully saturated rings. The van der Waals surface area contributed by atoms with E-state index in [2.05, 4.69) is 5.16 Å². The number of aromatic nitrogens is 1. The molecule has 4 aromatic rings. The number of amides is 1. The largest absolute Gasteiger partial charge is 0.450 e. The molecule has 0 saturated carbocycles. The van der Waals surface area contributed by atoms with Crippen LogP contribution in [-0.2, 0) is 0 Å². The van der Waals surface area contributed by atoms with Gasteiger partial charge in [0, 0.05) is 11.1 Å². The van der Waals surface area contributed by atoms with Crippen LogP contribution >= 0.6 is 11.6 Å². The SMILES string of the molecule is Cc1cc(N2C(=O)c3oc4ccc(F)cc4c(=O)c3[C@@H]2c2cccc(Cl)c2)no1. The Labute approximate surface area is 168 Å². The molecule has 2 aromatic carbocycles. The predicted molar refractivity (Wildman–Crippen MR) is 104 cm³/mol. The molecular formula is C21H12ClFN2O4. The fraction of sp³-hybridized carbons (Fsp3) is 0.0952. The van der Waals surface area contributed by atoms with Crippen molar-refractivity contribution in [1.82, 2.24) is 5.16 Å². The van der Waals surface area contributed by atoms with Gasteiger partial charge in [0.05, 0.1) is 17.0 Å². The average molecular weight is 411 g/mol. The van der Waals surface area contributed by atoms with E-state index in [4.69, 9.17) is 20.5 Å². The van der Waals surface area contributed by atoms with Crippen LogP contribution in [0.1, 0.15) is 33.5 Å². The molecule has 1 amide bonds. The first-order valence-corrected chi connectivity index (χ1v) is 9.10. The van der Waals surface area contributed by atoms with Crippen molar-refractivity contribution < 1.29 is 18.1 Å². The van der Waals surface area contributed by atoms with Crippen LogP contribution in [0.25, 0.3) is 11.0 Å². The fourth-order valence-electron chi connectivity index (χ4n) is 3.64. The molecule has 0 aliphatic carbocycles. The van der Waals surface area contributed by atoms with Gasteiger partial charge in [-0.05, 0) is 42.8 Å². The zero-order valence-corrected chi connectivity index (χ0v) is 15.7. The molecular weight excluding hydrogens is 399 g/mol. The van der Waals surface area contributed by atoms with E-state index in [9.17, 15) is 14.0 Å². The molecule has 6 nitrogen and oxygen atoms in total. The van der Waals surface area contributed by atoms with E-state index in [0.717, 1.165) is 6.07 Å². The van der Waals surface area contributed by atoms with Gasteiger partial charge in [0.25, 0.3) is 5.91 Å². The molecule has 1 aliphatic heterocycles. The number of benzene rings is 2. The average Bonchev–Trinajstić information content (AvgIpc) is 3.24. The summed E-state index contributed by atoms with van der Waals surface area (Å²) < 4.78 is 24.6. The Morgan fingerprint density at radius 3 is 2.69 bits per heavy atom. The number of carbonyl (C=O) groups is 1. The maximum absolute atomic E-state index is 13.8. The maximum Gasteiger partial charge on any atom is 0.296 e. The number of rotatable bonds is 2. The Morgan fingerprint density at radius 2 is 1.97 bits per heavy atom. The van der Waals surface area contributed by atoms with Crippen molar-refractivity contribution in [3.8, 4) is 0 Å². The number of nitrogens with zero attached hydrogens (tertiary/aromatic N) is 2. The van der Waals surface area contributed by atoms with E-state index in [1.54, 1.807) is 37.3 Å². The van der Waals surface area contributed by atoms with Crippen LogP contribution in [0, 0.1) is 12.7 Å². The summed E-state index contributed by atoms with van der Waals surface area (Å²) in [6.07, 6.45) is 0. The highest BCUT2D eigenvalue weighted by Crippen LogP contribution is 2.41. The quantitative estimate of drug-likeness (QED) is 0.481. The Morgan fingerprint density at radius 1 is 1.14 bits per heavy atom. The molecule has 0 unspecified atom stereocenters. The first kappa shape index (κ1) is 17.6. The van der Waals surface area contributed by atoms with Crippen molar-refractivity contribution in [2.45, 2.75) is 13.0 Å². The summed E-state index contributed by atoms with van der Waals surface area (Å²) in [5, 5.41) is 4.43. The number of hydrogen-bond donors (Lipinski definition) is 0. The number of fused-ring (bicyclic) bond motifs is 2. The summed E-state index contributed by atoms with van der Waals surface area (Å²) >= 11 is 6.15. The summed E-state index contributed by atoms with van der Waals surface area (Å²) in [4.78, 5) is 27.9. The van der Waals surface area contributed by atoms with Gasteiger partial charge in [0.1, 0.15) is 17.2 Å². The minimum absolute atomic E-state index is 0.0572. The lowest BCUT2D eigenvalue weighted by molar-refractivity contribution is 0.0969. The van der Waals surface area contributed by atoms with Gasteiger partial charge in [-0.25, -0.2) is 4.39 Å². The molecule has 0 N–H and O–H groups in total. The second-order valence-electron chi connectivity index (χ2n) is 6.74. The van der Waals surface area contributed by atoms with E-state index in [0.29, 0.717) is 16.3 Å². The number of carbonyl (C=O) groups excluding carboxylic acids is 1. The van der Waals surface area contributed by atoms with Crippen molar-refractivity contribution in [3.63, 3.8) is 0 Å². The van der Waals surface area contributed by atoms with E-state index in [1.165, 1.54) is 17.0 Å². The van der Waals surface area contributed by atoms with Gasteiger partial charge in [0.2, 0.25) is 5.76 Å². The summed E-state index contributed by atoms with van der Waals surface area (Å²) in [6.45, 7) is 1.69. The van der Waals surface area contributed by atoms with Crippen molar-refractivity contribution in [1.29, 1.82) is 0 Å². The maximum atomic E-state index is 13.8. The summed E-state index contributed by atoms with van der Waals surface area (Å²) in [5.41, 5.74) is 0.345. The monoisotopic (exact) mass is 410 g/mol. The van der Waals surface area contributed by atoms with E-state index >= 15 is 0 Å². The van der Waals surface area contributed by atoms with Crippen LogP contribution in [0.2, 0.25) is 5.02 Å². The highest BCUT2D eigenvalue weighted by molar-refractivity contribution is 6.30. The zero-order valence-electron chi connectivity index (χ0n) is 15.0. The van der Waals surface area contributed by atoms with Crippen molar-refractivity contribution >= 4 is 34.3 Å². The zero-order chi connectivity index (χ0) is 20.3. The summed E-state index contributed by atoms with van der Waals surface area (Å²) in [5.74, 6) is -0.489. The van der Waals surface area contributed by atoms with Crippen LogP contribution in [0.15, 0.2) is 62.3 Å². The lowest BCUT2D eigenvalue weighted by Gasteiger charge is -2.22. The van der Waals surface area contributed by atoms with Crippen molar-refractivity contribution in [2.75, 3.05) is 4.90 Å². The minimum Gasteiger partial charge on any atom is -0.450 e. The van der Waals surface area contributed by atoms with Gasteiger partial charge in [-0.2, -0.15) is 0 Å². The van der Waals surface area contributed by atoms with E-state index < -0.39 is 23.2 Å². The predicted octanol–water partition coefficient (Wildman–Crippen LogP) is 4.63. The fourth-order valence-corrected chi connectivity index (χ4v) is 3.84. The minimum atomic E-state index is -0.843. The third-order valence-corrected chi connectivity index (χ3v) is 5.09. The van der Waals surface area contributed by atoms with Crippen molar-refractivity contribution in [3.05, 3.63) is 92.2 Å². The van der Waals surface area contributed by atoms with Gasteiger partial charge >= 0.3 is 0 Å². The van der Waals surface area contributed by atoms with Crippen LogP contribution in [-0.4, -0.2) is 11.1 Å². The van der Waals surface area contributed by atoms with Gasteiger partial charge in [0.15, 0.2) is 11.2 Å². The second kappa shape index (κ2) is 6.28. The molecule has 0 bridgehead atoms. The van der Waals surface area contributed by atoms with Crippen LogP contribution in [0.5, 0.6) is 0 Å². The molecule has 0 radical (unpaired) electrons. The molecule has 3 heterocycles. The first-order chi connectivity index (χ1) is 13.9. The van der Waals surface area contributed by atoms with Gasteiger partial charge in [-0.3, -0.25) is 14.5 Å². The number of hydrogen-bond acceptors (Lipinski definition) is 5. The molecule has 144 valence electrons. The highest BCUT2D eigenvalue weighted by Gasteiger charge is 2.45. The lowest BCUT2D eigenvalue weighted by atomic mass is 9.98. The first-order valence-electron chi connectivity index (χ1n) is 8.72. The number of anilines is 1. The Kier molecular flexibility index (Phi) is 3.82. The highest BCUT2D eigenvalue weighted by atomic mass is 35.5. The topological polar surface area (TPSA) is 76.6 Å². The lowest BCUT2D eigenvalue weighted by Crippen LogP contribution is -2.29. The third kappa shape index (κ3) is 2.66. The standard InChI is InChI=1S/C21H12ClFN2O4/c1-10-7-16(24-29-10)25-18(11-3-2-4-12(22)8-11)17-19(26)14-9-13(23)5-6-15(14)28-20(17)21(25)27/h2-9,18H,1H3/t18-/m0/s1. The molecule has 0 spiro atoms. The molecule has 29 heavy (non-hydrogen) atoms. The molecule has 0 saturated heterocycles. The Bertz CT molecular complexity index is 1360. The Balaban J connectivity index is 1.84. The normalized spacial score (nSPS) is 15.9. The molecule has 1 atom stereocenters. The smallest absolute Gasteiger partial charge is 0.296 e. The van der Waals surface area contributed by atoms with Crippen molar-refractivity contribution in [2.24, 2.45) is 0 Å². The summed E-state index contributed by atoms with van der Waals surface area (Å²) in [6, 6.07) is 11.2. The van der Waals surface area contributed by atoms with Gasteiger partial charge in [-0.15, -0.1) is 0 Å². The third-order valence-electron chi connectivity index (χ3n) is 4.86. The number of halogens is 2. The Hall–Kier alpha value is -3.45. The van der Waals surface area contributed by atoms with Crippen LogP contribution in [0.3, 0.4) is 0 Å². The van der Waals surface area contributed by atoms with Gasteiger partial charge < -0.3 is 8.94 Å². The summed E-state index contributed by atoms with van der Waals surface area (Å²) in [7, 11) is 0. The molecule has 8 heteroatoms. The van der Waals surface area contributed by atoms with Crippen LogP contribution in [0.4, 0.5) is 10.2 Å². The van der Waals surface area contributed by atoms with E-state index in [1.807, 2.05) is 0 Å².